The molecule has 0 radical (unpaired) electrons. The highest BCUT2D eigenvalue weighted by Gasteiger charge is 2.23. The molecule has 1 aliphatic heterocycles. The van der Waals surface area contributed by atoms with E-state index >= 15 is 0 Å². The lowest BCUT2D eigenvalue weighted by molar-refractivity contribution is 0.154. The van der Waals surface area contributed by atoms with E-state index < -0.39 is 0 Å². The summed E-state index contributed by atoms with van der Waals surface area (Å²) in [6.07, 6.45) is 1.90. The molecule has 4 rings (SSSR count). The first-order valence-electron chi connectivity index (χ1n) is 9.20. The van der Waals surface area contributed by atoms with Crippen LogP contribution in [-0.4, -0.2) is 27.0 Å². The number of nitrogens with one attached hydrogen (secondary N) is 1. The van der Waals surface area contributed by atoms with E-state index in [1.807, 2.05) is 12.1 Å². The Morgan fingerprint density at radius 1 is 1.04 bits per heavy atom. The minimum atomic E-state index is -0.329. The summed E-state index contributed by atoms with van der Waals surface area (Å²) in [7, 11) is 0. The third-order valence-electron chi connectivity index (χ3n) is 5.43. The predicted octanol–water partition coefficient (Wildman–Crippen LogP) is 2.53. The molecule has 1 N–H and O–H groups in total. The zero-order chi connectivity index (χ0) is 18.1. The number of H-pyrrole nitrogens is 1. The minimum Gasteiger partial charge on any atom is -0.307 e. The number of para-hydroxylation sites is 1. The molecule has 0 unspecified atom stereocenters. The zero-order valence-corrected chi connectivity index (χ0v) is 14.9. The van der Waals surface area contributed by atoms with E-state index in [1.165, 1.54) is 15.7 Å². The van der Waals surface area contributed by atoms with Crippen LogP contribution in [0.25, 0.3) is 10.9 Å². The molecule has 5 heteroatoms. The molecule has 1 aliphatic rings. The van der Waals surface area contributed by atoms with Crippen LogP contribution >= 0.6 is 0 Å². The molecule has 0 amide bonds. The van der Waals surface area contributed by atoms with Crippen LogP contribution in [0.15, 0.2) is 58.1 Å². The summed E-state index contributed by atoms with van der Waals surface area (Å²) in [5, 5.41) is 0.561. The molecule has 0 saturated carbocycles. The molecule has 2 aromatic carbocycles. The van der Waals surface area contributed by atoms with Gasteiger partial charge in [-0.1, -0.05) is 43.3 Å². The molecule has 26 heavy (non-hydrogen) atoms. The fourth-order valence-corrected chi connectivity index (χ4v) is 3.91. The highest BCUT2D eigenvalue weighted by atomic mass is 16.2. The molecular formula is C21H23N3O2. The largest absolute Gasteiger partial charge is 0.328 e. The number of hydrogen-bond acceptors (Lipinski definition) is 3. The molecule has 2 heterocycles. The maximum Gasteiger partial charge on any atom is 0.328 e. The summed E-state index contributed by atoms with van der Waals surface area (Å²) in [4.78, 5) is 30.5. The number of rotatable bonds is 4. The van der Waals surface area contributed by atoms with Gasteiger partial charge in [0, 0.05) is 25.7 Å². The second-order valence-electron chi connectivity index (χ2n) is 6.94. The van der Waals surface area contributed by atoms with Crippen molar-refractivity contribution in [2.45, 2.75) is 38.9 Å². The maximum atomic E-state index is 12.8. The molecule has 0 saturated heterocycles. The van der Waals surface area contributed by atoms with E-state index in [0.29, 0.717) is 17.4 Å². The lowest BCUT2D eigenvalue weighted by atomic mass is 9.98. The lowest BCUT2D eigenvalue weighted by Gasteiger charge is -2.35. The van der Waals surface area contributed by atoms with E-state index in [9.17, 15) is 9.59 Å². The number of fused-ring (bicyclic) bond motifs is 2. The molecule has 134 valence electrons. The van der Waals surface area contributed by atoms with Crippen molar-refractivity contribution >= 4 is 10.9 Å². The Morgan fingerprint density at radius 3 is 2.58 bits per heavy atom. The summed E-state index contributed by atoms with van der Waals surface area (Å²) in [6, 6.07) is 15.8. The fourth-order valence-electron chi connectivity index (χ4n) is 3.91. The highest BCUT2D eigenvalue weighted by Crippen LogP contribution is 2.21. The first-order valence-corrected chi connectivity index (χ1v) is 9.20. The normalized spacial score (nSPS) is 15.7. The number of aromatic nitrogens is 2. The van der Waals surface area contributed by atoms with Gasteiger partial charge >= 0.3 is 5.69 Å². The second kappa shape index (κ2) is 6.92. The fraction of sp³-hybridized carbons (Fsp3) is 0.333. The van der Waals surface area contributed by atoms with Gasteiger partial charge in [0.2, 0.25) is 0 Å². The van der Waals surface area contributed by atoms with Gasteiger partial charge in [-0.25, -0.2) is 4.79 Å². The first-order chi connectivity index (χ1) is 12.7. The van der Waals surface area contributed by atoms with Gasteiger partial charge in [0.15, 0.2) is 0 Å². The predicted molar refractivity (Wildman–Crippen MR) is 103 cm³/mol. The molecule has 0 aliphatic carbocycles. The molecule has 1 atom stereocenters. The topological polar surface area (TPSA) is 58.1 Å². The molecule has 1 aromatic heterocycles. The summed E-state index contributed by atoms with van der Waals surface area (Å²) >= 11 is 0. The highest BCUT2D eigenvalue weighted by molar-refractivity contribution is 5.76. The summed E-state index contributed by atoms with van der Waals surface area (Å²) in [5.41, 5.74) is 2.81. The van der Waals surface area contributed by atoms with E-state index in [2.05, 4.69) is 41.1 Å². The Kier molecular flexibility index (Phi) is 4.47. The number of benzene rings is 2. The van der Waals surface area contributed by atoms with Gasteiger partial charge in [0.25, 0.3) is 5.56 Å². The molecule has 0 spiro atoms. The molecule has 5 nitrogen and oxygen atoms in total. The van der Waals surface area contributed by atoms with Crippen LogP contribution in [-0.2, 0) is 19.5 Å². The Bertz CT molecular complexity index is 1050. The van der Waals surface area contributed by atoms with Crippen molar-refractivity contribution in [2.75, 3.05) is 6.54 Å². The Hall–Kier alpha value is -2.66. The van der Waals surface area contributed by atoms with Crippen LogP contribution in [0.4, 0.5) is 0 Å². The van der Waals surface area contributed by atoms with Crippen LogP contribution in [0.1, 0.15) is 24.5 Å². The third kappa shape index (κ3) is 2.99. The monoisotopic (exact) mass is 349 g/mol. The quantitative estimate of drug-likeness (QED) is 0.787. The van der Waals surface area contributed by atoms with Crippen LogP contribution in [0.2, 0.25) is 0 Å². The Labute approximate surface area is 151 Å². The lowest BCUT2D eigenvalue weighted by Crippen LogP contribution is -2.46. The van der Waals surface area contributed by atoms with E-state index in [1.54, 1.807) is 12.1 Å². The molecule has 0 bridgehead atoms. The first kappa shape index (κ1) is 16.8. The average molecular weight is 349 g/mol. The van der Waals surface area contributed by atoms with Gasteiger partial charge in [-0.15, -0.1) is 0 Å². The van der Waals surface area contributed by atoms with Crippen molar-refractivity contribution in [3.8, 4) is 0 Å². The number of aromatic amines is 1. The average Bonchev–Trinajstić information content (AvgIpc) is 2.68. The number of nitrogens with zero attached hydrogens (tertiary/aromatic N) is 2. The van der Waals surface area contributed by atoms with Crippen molar-refractivity contribution < 1.29 is 0 Å². The van der Waals surface area contributed by atoms with Gasteiger partial charge in [0.1, 0.15) is 0 Å². The number of hydrogen-bond donors (Lipinski definition) is 1. The summed E-state index contributed by atoms with van der Waals surface area (Å²) in [6.45, 7) is 4.35. The van der Waals surface area contributed by atoms with E-state index in [-0.39, 0.29) is 17.3 Å². The third-order valence-corrected chi connectivity index (χ3v) is 5.43. The Morgan fingerprint density at radius 2 is 1.77 bits per heavy atom. The van der Waals surface area contributed by atoms with Gasteiger partial charge < -0.3 is 4.98 Å². The van der Waals surface area contributed by atoms with Crippen molar-refractivity contribution in [3.05, 3.63) is 80.5 Å². The second-order valence-corrected chi connectivity index (χ2v) is 6.94. The Balaban J connectivity index is 1.65. The summed E-state index contributed by atoms with van der Waals surface area (Å²) in [5.74, 6) is 0. The molecule has 0 fully saturated rings. The van der Waals surface area contributed by atoms with Crippen molar-refractivity contribution in [1.29, 1.82) is 0 Å². The van der Waals surface area contributed by atoms with E-state index in [0.717, 1.165) is 25.9 Å². The van der Waals surface area contributed by atoms with Crippen LogP contribution in [0.5, 0.6) is 0 Å². The van der Waals surface area contributed by atoms with Gasteiger partial charge in [-0.3, -0.25) is 14.3 Å². The van der Waals surface area contributed by atoms with Crippen molar-refractivity contribution in [3.63, 3.8) is 0 Å². The smallest absolute Gasteiger partial charge is 0.307 e. The standard InChI is InChI=1S/C21H23N3O2/c1-2-17(23-12-11-15-7-3-4-8-16(15)13-23)14-24-20(25)18-9-5-6-10-19(18)22-21(24)26/h3-10,17H,2,11-14H2,1H3,(H,22,26)/t17-/m0/s1. The maximum absolute atomic E-state index is 12.8. The van der Waals surface area contributed by atoms with Crippen molar-refractivity contribution in [2.24, 2.45) is 0 Å². The van der Waals surface area contributed by atoms with E-state index in [4.69, 9.17) is 0 Å². The van der Waals surface area contributed by atoms with Gasteiger partial charge in [-0.05, 0) is 36.1 Å². The van der Waals surface area contributed by atoms with Gasteiger partial charge in [-0.2, -0.15) is 0 Å². The van der Waals surface area contributed by atoms with Crippen LogP contribution < -0.4 is 11.2 Å². The van der Waals surface area contributed by atoms with Crippen LogP contribution in [0.3, 0.4) is 0 Å². The zero-order valence-electron chi connectivity index (χ0n) is 14.9. The SMILES string of the molecule is CC[C@@H](Cn1c(=O)[nH]c2ccccc2c1=O)N1CCc2ccccc2C1. The van der Waals surface area contributed by atoms with Crippen molar-refractivity contribution in [1.82, 2.24) is 14.5 Å². The molecular weight excluding hydrogens is 326 g/mol. The minimum absolute atomic E-state index is 0.156. The van der Waals surface area contributed by atoms with Gasteiger partial charge in [0.05, 0.1) is 10.9 Å². The summed E-state index contributed by atoms with van der Waals surface area (Å²) < 4.78 is 1.36. The molecule has 3 aromatic rings. The van der Waals surface area contributed by atoms with Crippen LogP contribution in [0, 0.1) is 0 Å².